The van der Waals surface area contributed by atoms with Gasteiger partial charge >= 0.3 is 93.0 Å². The third-order valence-electron chi connectivity index (χ3n) is 24.3. The molecule has 17 rings (SSSR count). The number of fused-ring (bicyclic) bond motifs is 2. The van der Waals surface area contributed by atoms with Crippen LogP contribution in [0.5, 0.6) is 17.2 Å². The van der Waals surface area contributed by atoms with Crippen molar-refractivity contribution in [2.75, 3.05) is 157 Å². The van der Waals surface area contributed by atoms with Gasteiger partial charge in [-0.1, -0.05) is 101 Å². The smallest absolute Gasteiger partial charge is 1.00 e. The Morgan fingerprint density at radius 3 is 1.07 bits per heavy atom. The van der Waals surface area contributed by atoms with Gasteiger partial charge in [0, 0.05) is 142 Å². The predicted molar refractivity (Wildman–Crippen MR) is 540 cm³/mol. The molecule has 0 saturated carbocycles. The molecule has 4 saturated heterocycles. The number of nitrogens with two attached hydrogens (primary N) is 4. The molecule has 11 aromatic carbocycles. The second kappa shape index (κ2) is 50.5. The van der Waals surface area contributed by atoms with Crippen LogP contribution < -0.4 is 156 Å². The van der Waals surface area contributed by atoms with Gasteiger partial charge in [-0.2, -0.15) is 0 Å². The Hall–Kier alpha value is -12.8. The molecule has 8 amide bonds. The predicted octanol–water partition coefficient (Wildman–Crippen LogP) is 13.3. The summed E-state index contributed by atoms with van der Waals surface area (Å²) in [4.78, 5) is 95.9. The molecule has 4 aliphatic rings. The van der Waals surface area contributed by atoms with Crippen molar-refractivity contribution >= 4 is 131 Å². The average molecular weight is 2020 g/mol. The molecule has 6 heterocycles. The SMILES string of the molecule is CCN(CC)c1ccc([C@H]2CN(Cc3ccc(OC)cc3)C(=O)N2)cc1.CCN(CC)c1ccc([C@H]2CN(Cc3ccc(OC)cc3)C(=O)N2c2ccc(N)c(N)c2)cc1.CCN(CC)c1ccc([C@H]2CN(Cc3ccc(OC)cc3)C(=O)N2c2ccc3nc[nH]c3c2)cc1.CCN(CC)c1ccc([C@H]2CNC(=O)N2c2ccc3nc[nH]c3c2)cc1.Nc1ccc(Br)cc1N.O=CO.[Cs+].[F-]. The summed E-state index contributed by atoms with van der Waals surface area (Å²) in [5, 5.41) is 12.9. The number of carbonyl (C=O) groups excluding carboxylic acids is 4. The number of carbonyl (C=O) groups is 5. The summed E-state index contributed by atoms with van der Waals surface area (Å²) in [5.41, 5.74) is 43.7. The Morgan fingerprint density at radius 1 is 0.400 bits per heavy atom. The van der Waals surface area contributed by atoms with E-state index in [-0.39, 0.29) is 128 Å². The Kier molecular flexibility index (Phi) is 39.0. The van der Waals surface area contributed by atoms with Gasteiger partial charge in [-0.3, -0.25) is 19.5 Å². The molecule has 13 N–H and O–H groups in total. The van der Waals surface area contributed by atoms with Crippen LogP contribution in [0.2, 0.25) is 0 Å². The van der Waals surface area contributed by atoms with E-state index < -0.39 is 0 Å². The maximum absolute atomic E-state index is 13.8. The van der Waals surface area contributed by atoms with Gasteiger partial charge in [0.25, 0.3) is 6.47 Å². The summed E-state index contributed by atoms with van der Waals surface area (Å²) in [6, 6.07) is 80.0. The van der Waals surface area contributed by atoms with E-state index in [1.54, 1.807) is 58.2 Å². The van der Waals surface area contributed by atoms with Gasteiger partial charge in [0.2, 0.25) is 0 Å². The van der Waals surface area contributed by atoms with Crippen LogP contribution in [-0.4, -0.2) is 170 Å². The van der Waals surface area contributed by atoms with E-state index in [1.807, 2.05) is 151 Å². The van der Waals surface area contributed by atoms with Crippen molar-refractivity contribution in [3.8, 4) is 17.2 Å². The van der Waals surface area contributed by atoms with E-state index in [0.717, 1.165) is 152 Å². The molecular formula is C103H123BrCsFN20O9. The Morgan fingerprint density at radius 2 is 0.726 bits per heavy atom. The number of nitrogens with zero attached hydrogens (tertiary/aromatic N) is 12. The summed E-state index contributed by atoms with van der Waals surface area (Å²) < 4.78 is 16.7. The quantitative estimate of drug-likeness (QED) is 0.0162. The minimum absolute atomic E-state index is 0. The number of rotatable bonds is 28. The average Bonchev–Trinajstić information content (AvgIpc) is 1.63. The number of H-pyrrole nitrogens is 2. The van der Waals surface area contributed by atoms with E-state index in [2.05, 4.69) is 219 Å². The second-order valence-corrected chi connectivity index (χ2v) is 33.0. The standard InChI is InChI=1S/C28H31N5O2.C27H33N5O2.C21H27N3O2.C20H23N5O.C6H7BrN2.CH2O2.Cs.FH/c1-4-31(5-2)22-10-8-21(9-11-22)27-18-32(17-20-6-13-24(35-3)14-7-20)28(34)33(27)23-12-15-25-26(16-23)30-19-29-25;1-4-30(5-2)21-10-8-20(9-11-21)26-18-31(17-19-6-13-23(34-3)14-7-19)27(33)32(26)22-12-15-24(28)25(29)16-22;1-4-23(5-2)18-10-8-17(9-11-18)20-15-24(21(25)22-20)14-16-6-12-19(26-3)13-7-16;1-3-24(4-2)15-7-5-14(6-8-15)19-12-21-20(26)25(19)16-9-10-17-18(11-16)23-13-22-17;7-4-1-2-5(8)6(9)3-4;2-1-3;;/h6-16,19,27H,4-5,17-18H2,1-3H3,(H,29,30);6-16,26H,4-5,17-18,28-29H2,1-3H3;6-13,20H,4-5,14-15H2,1-3H3,(H,22,25);5-11,13,19H,3-4,12H2,1-2H3,(H,21,26)(H,22,23);1-3H,8-9H2;1H,(H,2,3);;1H/q;;;;;;+1;/p-1/t27-;26-;20-;19-;;;;/m1111..../s1. The van der Waals surface area contributed by atoms with Crippen LogP contribution >= 0.6 is 15.9 Å². The number of methoxy groups -OCH3 is 3. The van der Waals surface area contributed by atoms with E-state index in [1.165, 1.54) is 22.7 Å². The van der Waals surface area contributed by atoms with Gasteiger partial charge in [0.15, 0.2) is 0 Å². The summed E-state index contributed by atoms with van der Waals surface area (Å²) in [7, 11) is 4.95. The van der Waals surface area contributed by atoms with Crippen molar-refractivity contribution in [2.45, 2.75) is 99.2 Å². The summed E-state index contributed by atoms with van der Waals surface area (Å²) in [6.07, 6.45) is 3.35. The van der Waals surface area contributed by atoms with Gasteiger partial charge in [0.1, 0.15) is 17.2 Å². The number of carboxylic acid groups (broad SMARTS) is 1. The first kappa shape index (κ1) is 104. The van der Waals surface area contributed by atoms with Gasteiger partial charge in [-0.05, 0) is 252 Å². The first-order valence-electron chi connectivity index (χ1n) is 45.0. The Labute approximate surface area is 857 Å². The molecule has 4 fully saturated rings. The third kappa shape index (κ3) is 26.2. The zero-order valence-corrected chi connectivity index (χ0v) is 86.8. The fourth-order valence-electron chi connectivity index (χ4n) is 16.9. The number of imidazole rings is 2. The zero-order valence-electron chi connectivity index (χ0n) is 78.9. The van der Waals surface area contributed by atoms with Gasteiger partial charge in [-0.15, -0.1) is 0 Å². The fraction of sp³-hybridized carbons (Fsp3) is 0.291. The maximum Gasteiger partial charge on any atom is 1.00 e. The number of hydrogen-bond donors (Lipinski definition) is 9. The number of halogens is 2. The normalized spacial score (nSPS) is 15.2. The van der Waals surface area contributed by atoms with Crippen LogP contribution in [0.1, 0.15) is 119 Å². The number of nitrogen functional groups attached to an aromatic ring is 4. The van der Waals surface area contributed by atoms with Crippen molar-refractivity contribution in [3.63, 3.8) is 0 Å². The molecule has 0 unspecified atom stereocenters. The molecule has 704 valence electrons. The van der Waals surface area contributed by atoms with Gasteiger partial charge in [0.05, 0.1) is 103 Å². The third-order valence-corrected chi connectivity index (χ3v) is 24.8. The summed E-state index contributed by atoms with van der Waals surface area (Å²) >= 11 is 3.26. The van der Waals surface area contributed by atoms with Crippen LogP contribution in [0.25, 0.3) is 22.1 Å². The zero-order chi connectivity index (χ0) is 94.8. The molecule has 0 bridgehead atoms. The molecule has 29 nitrogen and oxygen atoms in total. The fourth-order valence-corrected chi connectivity index (χ4v) is 17.3. The van der Waals surface area contributed by atoms with Gasteiger partial charge in [-0.25, -0.2) is 29.1 Å². The van der Waals surface area contributed by atoms with Crippen LogP contribution in [0, 0.1) is 0 Å². The van der Waals surface area contributed by atoms with Crippen molar-refractivity contribution in [1.82, 2.24) is 45.3 Å². The Balaban J connectivity index is 0.000000179. The van der Waals surface area contributed by atoms with E-state index in [0.29, 0.717) is 68.6 Å². The Bertz CT molecular complexity index is 5960. The molecule has 13 aromatic rings. The molecule has 0 spiro atoms. The molecule has 2 aromatic heterocycles. The largest absolute Gasteiger partial charge is 1.00 e. The molecule has 4 atom stereocenters. The molecular weight excluding hydrogens is 1890 g/mol. The van der Waals surface area contributed by atoms with Crippen molar-refractivity contribution in [2.24, 2.45) is 0 Å². The van der Waals surface area contributed by atoms with Crippen LogP contribution in [-0.2, 0) is 24.4 Å². The maximum atomic E-state index is 13.8. The minimum Gasteiger partial charge on any atom is -1.00 e. The topological polar surface area (TPSA) is 351 Å². The monoisotopic (exact) mass is 2010 g/mol. The van der Waals surface area contributed by atoms with Gasteiger partial charge < -0.3 is 102 Å². The minimum atomic E-state index is -0.250. The molecule has 0 aliphatic carbocycles. The summed E-state index contributed by atoms with van der Waals surface area (Å²) in [5.74, 6) is 2.43. The van der Waals surface area contributed by atoms with Crippen molar-refractivity contribution < 1.29 is 117 Å². The number of aromatic nitrogens is 4. The van der Waals surface area contributed by atoms with E-state index >= 15 is 0 Å². The molecule has 0 radical (unpaired) electrons. The number of urea groups is 4. The van der Waals surface area contributed by atoms with Crippen molar-refractivity contribution in [1.29, 1.82) is 0 Å². The first-order valence-corrected chi connectivity index (χ1v) is 45.8. The number of nitrogens with one attached hydrogen (secondary N) is 4. The van der Waals surface area contributed by atoms with Crippen molar-refractivity contribution in [3.05, 3.63) is 299 Å². The molecule has 135 heavy (non-hydrogen) atoms. The van der Waals surface area contributed by atoms with Crippen LogP contribution in [0.3, 0.4) is 0 Å². The first-order chi connectivity index (χ1) is 64.5. The number of hydrogen-bond acceptors (Lipinski definition) is 18. The molecule has 4 aliphatic heterocycles. The second-order valence-electron chi connectivity index (χ2n) is 32.1. The number of amides is 8. The van der Waals surface area contributed by atoms with Crippen LogP contribution in [0.4, 0.5) is 81.7 Å². The number of aromatic amines is 2. The summed E-state index contributed by atoms with van der Waals surface area (Å²) in [6.45, 7) is 28.9. The number of benzene rings is 11. The van der Waals surface area contributed by atoms with Crippen LogP contribution in [0.15, 0.2) is 260 Å². The number of anilines is 11. The number of ether oxygens (including phenoxy) is 3. The van der Waals surface area contributed by atoms with E-state index in [9.17, 15) is 19.2 Å². The molecule has 32 heteroatoms. The van der Waals surface area contributed by atoms with E-state index in [4.69, 9.17) is 47.0 Å².